The van der Waals surface area contributed by atoms with Gasteiger partial charge in [-0.1, -0.05) is 42.5 Å². The van der Waals surface area contributed by atoms with E-state index in [1.165, 1.54) is 24.1 Å². The standard InChI is InChI=1S/C22H17N3O6/c1-30-22(27)16-9-5-6-14(12-16)13-24-20-17(10-11-18(23-20)25(28)29)31-19(21(24)26)15-7-3-2-4-8-15/h2-12,19H,13H2,1H3. The summed E-state index contributed by atoms with van der Waals surface area (Å²) in [6, 6.07) is 18.2. The van der Waals surface area contributed by atoms with Crippen molar-refractivity contribution in [3.63, 3.8) is 0 Å². The Bertz CT molecular complexity index is 1160. The number of carbonyl (C=O) groups excluding carboxylic acids is 2. The van der Waals surface area contributed by atoms with Gasteiger partial charge in [0.15, 0.2) is 5.75 Å². The van der Waals surface area contributed by atoms with E-state index in [1.54, 1.807) is 48.5 Å². The predicted molar refractivity (Wildman–Crippen MR) is 110 cm³/mol. The summed E-state index contributed by atoms with van der Waals surface area (Å²) in [5.41, 5.74) is 1.60. The highest BCUT2D eigenvalue weighted by atomic mass is 16.6. The van der Waals surface area contributed by atoms with Gasteiger partial charge in [0.1, 0.15) is 0 Å². The number of fused-ring (bicyclic) bond motifs is 1. The number of hydrogen-bond acceptors (Lipinski definition) is 7. The van der Waals surface area contributed by atoms with Crippen LogP contribution in [-0.4, -0.2) is 28.9 Å². The van der Waals surface area contributed by atoms with E-state index in [0.717, 1.165) is 0 Å². The van der Waals surface area contributed by atoms with Crippen LogP contribution >= 0.6 is 0 Å². The highest BCUT2D eigenvalue weighted by Crippen LogP contribution is 2.39. The van der Waals surface area contributed by atoms with Crippen LogP contribution in [0.25, 0.3) is 0 Å². The molecule has 0 spiro atoms. The third-order valence-corrected chi connectivity index (χ3v) is 4.79. The van der Waals surface area contributed by atoms with Crippen molar-refractivity contribution in [1.29, 1.82) is 0 Å². The normalized spacial score (nSPS) is 15.1. The molecule has 2 aromatic carbocycles. The van der Waals surface area contributed by atoms with Crippen LogP contribution in [0.1, 0.15) is 27.6 Å². The number of nitro groups is 1. The van der Waals surface area contributed by atoms with Gasteiger partial charge in [0.05, 0.1) is 19.2 Å². The third-order valence-electron chi connectivity index (χ3n) is 4.79. The second kappa shape index (κ2) is 8.23. The molecule has 0 bridgehead atoms. The number of anilines is 1. The summed E-state index contributed by atoms with van der Waals surface area (Å²) in [4.78, 5) is 41.2. The van der Waals surface area contributed by atoms with E-state index in [2.05, 4.69) is 4.98 Å². The van der Waals surface area contributed by atoms with Crippen LogP contribution in [0.5, 0.6) is 5.75 Å². The van der Waals surface area contributed by atoms with Gasteiger partial charge in [-0.05, 0) is 33.7 Å². The molecule has 2 heterocycles. The molecule has 9 nitrogen and oxygen atoms in total. The summed E-state index contributed by atoms with van der Waals surface area (Å²) in [7, 11) is 1.28. The minimum absolute atomic E-state index is 0.0392. The number of carbonyl (C=O) groups is 2. The van der Waals surface area contributed by atoms with Crippen molar-refractivity contribution < 1.29 is 24.0 Å². The van der Waals surface area contributed by atoms with E-state index in [9.17, 15) is 19.7 Å². The van der Waals surface area contributed by atoms with Gasteiger partial charge < -0.3 is 19.6 Å². The van der Waals surface area contributed by atoms with Crippen molar-refractivity contribution in [3.05, 3.63) is 93.5 Å². The molecule has 1 aliphatic heterocycles. The fourth-order valence-corrected chi connectivity index (χ4v) is 3.32. The van der Waals surface area contributed by atoms with E-state index in [1.807, 2.05) is 6.07 Å². The molecule has 0 aliphatic carbocycles. The molecular weight excluding hydrogens is 402 g/mol. The van der Waals surface area contributed by atoms with E-state index >= 15 is 0 Å². The van der Waals surface area contributed by atoms with Crippen LogP contribution in [0, 0.1) is 10.1 Å². The van der Waals surface area contributed by atoms with Crippen molar-refractivity contribution in [1.82, 2.24) is 4.98 Å². The lowest BCUT2D eigenvalue weighted by molar-refractivity contribution is -0.389. The molecule has 4 rings (SSSR count). The van der Waals surface area contributed by atoms with E-state index in [0.29, 0.717) is 16.7 Å². The Hall–Kier alpha value is -4.27. The van der Waals surface area contributed by atoms with Crippen molar-refractivity contribution in [2.45, 2.75) is 12.6 Å². The average Bonchev–Trinajstić information content (AvgIpc) is 2.80. The second-order valence-corrected chi connectivity index (χ2v) is 6.77. The number of rotatable bonds is 5. The van der Waals surface area contributed by atoms with Crippen molar-refractivity contribution >= 4 is 23.5 Å². The summed E-state index contributed by atoms with van der Waals surface area (Å²) in [5, 5.41) is 11.2. The van der Waals surface area contributed by atoms with E-state index < -0.39 is 28.7 Å². The number of pyridine rings is 1. The monoisotopic (exact) mass is 419 g/mol. The number of nitrogens with zero attached hydrogens (tertiary/aromatic N) is 3. The molecule has 3 aromatic rings. The first-order valence-corrected chi connectivity index (χ1v) is 9.33. The topological polar surface area (TPSA) is 112 Å². The lowest BCUT2D eigenvalue weighted by Gasteiger charge is -2.31. The molecule has 1 atom stereocenters. The molecule has 156 valence electrons. The third kappa shape index (κ3) is 3.93. The maximum Gasteiger partial charge on any atom is 0.366 e. The molecule has 0 saturated carbocycles. The molecule has 1 aliphatic rings. The number of ether oxygens (including phenoxy) is 2. The number of methoxy groups -OCH3 is 1. The predicted octanol–water partition coefficient (Wildman–Crippen LogP) is 3.44. The Morgan fingerprint density at radius 1 is 1.16 bits per heavy atom. The molecule has 0 N–H and O–H groups in total. The minimum atomic E-state index is -0.930. The van der Waals surface area contributed by atoms with Crippen LogP contribution in [-0.2, 0) is 16.1 Å². The van der Waals surface area contributed by atoms with Crippen LogP contribution in [0.15, 0.2) is 66.7 Å². The Labute approximate surface area is 177 Å². The van der Waals surface area contributed by atoms with Crippen molar-refractivity contribution in [3.8, 4) is 5.75 Å². The van der Waals surface area contributed by atoms with E-state index in [-0.39, 0.29) is 18.1 Å². The molecule has 1 amide bonds. The Kier molecular flexibility index (Phi) is 5.31. The molecule has 1 aromatic heterocycles. The fraction of sp³-hybridized carbons (Fsp3) is 0.136. The lowest BCUT2D eigenvalue weighted by Crippen LogP contribution is -2.41. The summed E-state index contributed by atoms with van der Waals surface area (Å²) in [6.07, 6.45) is -0.930. The van der Waals surface area contributed by atoms with Crippen LogP contribution in [0.4, 0.5) is 11.6 Å². The molecular formula is C22H17N3O6. The number of hydrogen-bond donors (Lipinski definition) is 0. The Morgan fingerprint density at radius 3 is 2.65 bits per heavy atom. The lowest BCUT2D eigenvalue weighted by atomic mass is 10.1. The molecule has 1 unspecified atom stereocenters. The highest BCUT2D eigenvalue weighted by Gasteiger charge is 2.39. The van der Waals surface area contributed by atoms with E-state index in [4.69, 9.17) is 9.47 Å². The Morgan fingerprint density at radius 2 is 1.94 bits per heavy atom. The van der Waals surface area contributed by atoms with Gasteiger partial charge >= 0.3 is 11.8 Å². The zero-order valence-corrected chi connectivity index (χ0v) is 16.4. The molecule has 0 fully saturated rings. The number of esters is 1. The van der Waals surface area contributed by atoms with Gasteiger partial charge in [0.2, 0.25) is 6.10 Å². The van der Waals surface area contributed by atoms with Gasteiger partial charge in [0.25, 0.3) is 11.7 Å². The summed E-state index contributed by atoms with van der Waals surface area (Å²) in [6.45, 7) is 0.0392. The van der Waals surface area contributed by atoms with Gasteiger partial charge in [-0.15, -0.1) is 0 Å². The van der Waals surface area contributed by atoms with Crippen LogP contribution in [0.3, 0.4) is 0 Å². The maximum atomic E-state index is 13.3. The SMILES string of the molecule is COC(=O)c1cccc(CN2C(=O)C(c3ccccc3)Oc3ccc([N+](=O)[O-])nc32)c1. The number of benzene rings is 2. The number of aromatic nitrogens is 1. The first-order chi connectivity index (χ1) is 15.0. The van der Waals surface area contributed by atoms with Gasteiger partial charge in [-0.3, -0.25) is 9.69 Å². The maximum absolute atomic E-state index is 13.3. The van der Waals surface area contributed by atoms with Crippen LogP contribution in [0.2, 0.25) is 0 Å². The first kappa shape index (κ1) is 20.0. The fourth-order valence-electron chi connectivity index (χ4n) is 3.32. The van der Waals surface area contributed by atoms with Crippen molar-refractivity contribution in [2.75, 3.05) is 12.0 Å². The van der Waals surface area contributed by atoms with Gasteiger partial charge in [-0.2, -0.15) is 0 Å². The highest BCUT2D eigenvalue weighted by molar-refractivity contribution is 5.99. The largest absolute Gasteiger partial charge is 0.469 e. The Balaban J connectivity index is 1.77. The smallest absolute Gasteiger partial charge is 0.366 e. The molecule has 0 saturated heterocycles. The van der Waals surface area contributed by atoms with Crippen LogP contribution < -0.4 is 9.64 Å². The first-order valence-electron chi connectivity index (χ1n) is 9.33. The molecule has 9 heteroatoms. The average molecular weight is 419 g/mol. The molecule has 31 heavy (non-hydrogen) atoms. The zero-order valence-electron chi connectivity index (χ0n) is 16.4. The quantitative estimate of drug-likeness (QED) is 0.354. The van der Waals surface area contributed by atoms with Gasteiger partial charge in [0, 0.05) is 11.6 Å². The molecule has 0 radical (unpaired) electrons. The second-order valence-electron chi connectivity index (χ2n) is 6.77. The summed E-state index contributed by atoms with van der Waals surface area (Å²) >= 11 is 0. The zero-order chi connectivity index (χ0) is 22.0. The minimum Gasteiger partial charge on any atom is -0.469 e. The van der Waals surface area contributed by atoms with Gasteiger partial charge in [-0.25, -0.2) is 4.79 Å². The summed E-state index contributed by atoms with van der Waals surface area (Å²) in [5.74, 6) is -1.03. The summed E-state index contributed by atoms with van der Waals surface area (Å²) < 4.78 is 10.6. The number of amides is 1. The van der Waals surface area contributed by atoms with Crippen molar-refractivity contribution in [2.24, 2.45) is 0 Å².